The van der Waals surface area contributed by atoms with Gasteiger partial charge in [0, 0.05) is 12.1 Å². The number of ether oxygens (including phenoxy) is 1. The van der Waals surface area contributed by atoms with Gasteiger partial charge >= 0.3 is 0 Å². The van der Waals surface area contributed by atoms with Crippen LogP contribution in [-0.2, 0) is 17.9 Å². The highest BCUT2D eigenvalue weighted by Gasteiger charge is 2.06. The summed E-state index contributed by atoms with van der Waals surface area (Å²) in [5, 5.41) is 3.07. The minimum absolute atomic E-state index is 0.632. The Balaban J connectivity index is 2.35. The van der Waals surface area contributed by atoms with Crippen LogP contribution in [0.1, 0.15) is 17.1 Å². The maximum Gasteiger partial charge on any atom is 0.118 e. The van der Waals surface area contributed by atoms with Crippen molar-refractivity contribution in [2.75, 3.05) is 34.3 Å². The van der Waals surface area contributed by atoms with E-state index < -0.39 is 0 Å². The van der Waals surface area contributed by atoms with Gasteiger partial charge in [0.25, 0.3) is 0 Å². The number of nitrogens with one attached hydrogen (secondary N) is 1. The molecule has 0 aliphatic rings. The molecule has 16 heavy (non-hydrogen) atoms. The molecule has 0 fully saturated rings. The van der Waals surface area contributed by atoms with Gasteiger partial charge in [-0.25, -0.2) is 0 Å². The van der Waals surface area contributed by atoms with Gasteiger partial charge < -0.3 is 19.4 Å². The quantitative estimate of drug-likeness (QED) is 0.713. The maximum atomic E-state index is 5.58. The summed E-state index contributed by atoms with van der Waals surface area (Å²) in [6.45, 7) is 5.06. The van der Waals surface area contributed by atoms with E-state index in [2.05, 4.69) is 16.3 Å². The third-order valence-electron chi connectivity index (χ3n) is 2.36. The summed E-state index contributed by atoms with van der Waals surface area (Å²) >= 11 is 0. The average Bonchev–Trinajstić information content (AvgIpc) is 2.54. The van der Waals surface area contributed by atoms with Gasteiger partial charge in [-0.1, -0.05) is 0 Å². The Kier molecular flexibility index (Phi) is 5.52. The van der Waals surface area contributed by atoms with Crippen LogP contribution in [0.2, 0.25) is 0 Å². The molecule has 0 radical (unpaired) electrons. The zero-order valence-electron chi connectivity index (χ0n) is 10.7. The molecule has 0 aromatic carbocycles. The second-order valence-corrected chi connectivity index (χ2v) is 4.18. The van der Waals surface area contributed by atoms with E-state index in [4.69, 9.17) is 9.15 Å². The standard InChI is InChI=1S/C12H22N2O2/c1-10-11(7-12(16-10)8-13-2)9-15-6-5-14(3)4/h7,13H,5-6,8-9H2,1-4H3. The lowest BCUT2D eigenvalue weighted by Gasteiger charge is -2.09. The molecule has 0 amide bonds. The second-order valence-electron chi connectivity index (χ2n) is 4.18. The van der Waals surface area contributed by atoms with Crippen molar-refractivity contribution in [3.63, 3.8) is 0 Å². The Bertz CT molecular complexity index is 308. The molecule has 1 rings (SSSR count). The number of likely N-dealkylation sites (N-methyl/N-ethyl adjacent to an activating group) is 1. The molecule has 0 atom stereocenters. The van der Waals surface area contributed by atoms with E-state index in [9.17, 15) is 0 Å². The fourth-order valence-electron chi connectivity index (χ4n) is 1.42. The summed E-state index contributed by atoms with van der Waals surface area (Å²) in [7, 11) is 5.99. The number of furan rings is 1. The lowest BCUT2D eigenvalue weighted by Crippen LogP contribution is -2.17. The highest BCUT2D eigenvalue weighted by atomic mass is 16.5. The lowest BCUT2D eigenvalue weighted by atomic mass is 10.2. The summed E-state index contributed by atoms with van der Waals surface area (Å²) in [4.78, 5) is 2.11. The predicted octanol–water partition coefficient (Wildman–Crippen LogP) is 1.39. The van der Waals surface area contributed by atoms with Gasteiger partial charge in [0.2, 0.25) is 0 Å². The van der Waals surface area contributed by atoms with E-state index in [0.717, 1.165) is 36.8 Å². The molecule has 1 aromatic heterocycles. The SMILES string of the molecule is CNCc1cc(COCCN(C)C)c(C)o1. The van der Waals surface area contributed by atoms with Crippen molar-refractivity contribution in [1.82, 2.24) is 10.2 Å². The van der Waals surface area contributed by atoms with E-state index in [1.54, 1.807) is 0 Å². The third kappa shape index (κ3) is 4.35. The van der Waals surface area contributed by atoms with Crippen molar-refractivity contribution < 1.29 is 9.15 Å². The summed E-state index contributed by atoms with van der Waals surface area (Å²) in [5.41, 5.74) is 1.14. The zero-order chi connectivity index (χ0) is 12.0. The van der Waals surface area contributed by atoms with Crippen molar-refractivity contribution in [3.8, 4) is 0 Å². The lowest BCUT2D eigenvalue weighted by molar-refractivity contribution is 0.104. The molecule has 1 aromatic rings. The molecule has 4 heteroatoms. The molecule has 1 heterocycles. The summed E-state index contributed by atoms with van der Waals surface area (Å²) < 4.78 is 11.2. The van der Waals surface area contributed by atoms with Crippen LogP contribution < -0.4 is 5.32 Å². The molecule has 4 nitrogen and oxygen atoms in total. The van der Waals surface area contributed by atoms with E-state index >= 15 is 0 Å². The molecule has 1 N–H and O–H groups in total. The summed E-state index contributed by atoms with van der Waals surface area (Å²) in [5.74, 6) is 1.92. The van der Waals surface area contributed by atoms with Crippen LogP contribution in [-0.4, -0.2) is 39.2 Å². The van der Waals surface area contributed by atoms with E-state index in [0.29, 0.717) is 6.61 Å². The molecular formula is C12H22N2O2. The van der Waals surface area contributed by atoms with Gasteiger partial charge in [-0.2, -0.15) is 0 Å². The van der Waals surface area contributed by atoms with Crippen molar-refractivity contribution in [3.05, 3.63) is 23.2 Å². The van der Waals surface area contributed by atoms with Crippen molar-refractivity contribution >= 4 is 0 Å². The molecule has 0 spiro atoms. The topological polar surface area (TPSA) is 37.6 Å². The Hall–Kier alpha value is -0.840. The number of rotatable bonds is 7. The highest BCUT2D eigenvalue weighted by Crippen LogP contribution is 2.15. The molecule has 0 unspecified atom stereocenters. The van der Waals surface area contributed by atoms with Crippen LogP contribution in [0.3, 0.4) is 0 Å². The van der Waals surface area contributed by atoms with Crippen LogP contribution in [0.15, 0.2) is 10.5 Å². The smallest absolute Gasteiger partial charge is 0.118 e. The molecule has 0 bridgehead atoms. The maximum absolute atomic E-state index is 5.58. The molecule has 0 saturated heterocycles. The Labute approximate surface area is 97.6 Å². The minimum atomic E-state index is 0.632. The van der Waals surface area contributed by atoms with Gasteiger partial charge in [0.15, 0.2) is 0 Å². The first-order valence-corrected chi connectivity index (χ1v) is 5.58. The van der Waals surface area contributed by atoms with Gasteiger partial charge in [-0.15, -0.1) is 0 Å². The molecule has 0 aliphatic heterocycles. The number of aryl methyl sites for hydroxylation is 1. The molecular weight excluding hydrogens is 204 g/mol. The first kappa shape index (κ1) is 13.2. The van der Waals surface area contributed by atoms with Crippen molar-refractivity contribution in [1.29, 1.82) is 0 Å². The molecule has 0 saturated carbocycles. The Morgan fingerprint density at radius 3 is 2.81 bits per heavy atom. The number of hydrogen-bond donors (Lipinski definition) is 1. The zero-order valence-corrected chi connectivity index (χ0v) is 10.7. The first-order chi connectivity index (χ1) is 7.63. The van der Waals surface area contributed by atoms with Crippen LogP contribution in [0, 0.1) is 6.92 Å². The fourth-order valence-corrected chi connectivity index (χ4v) is 1.42. The summed E-state index contributed by atoms with van der Waals surface area (Å²) in [6.07, 6.45) is 0. The van der Waals surface area contributed by atoms with Crippen LogP contribution in [0.4, 0.5) is 0 Å². The monoisotopic (exact) mass is 226 g/mol. The van der Waals surface area contributed by atoms with Crippen LogP contribution in [0.5, 0.6) is 0 Å². The van der Waals surface area contributed by atoms with Crippen LogP contribution in [0.25, 0.3) is 0 Å². The molecule has 92 valence electrons. The first-order valence-electron chi connectivity index (χ1n) is 5.58. The predicted molar refractivity (Wildman–Crippen MR) is 64.4 cm³/mol. The van der Waals surface area contributed by atoms with E-state index in [1.807, 2.05) is 28.1 Å². The number of hydrogen-bond acceptors (Lipinski definition) is 4. The van der Waals surface area contributed by atoms with Gasteiger partial charge in [0.1, 0.15) is 11.5 Å². The minimum Gasteiger partial charge on any atom is -0.465 e. The normalized spacial score (nSPS) is 11.3. The fraction of sp³-hybridized carbons (Fsp3) is 0.667. The van der Waals surface area contributed by atoms with Crippen LogP contribution >= 0.6 is 0 Å². The molecule has 0 aliphatic carbocycles. The Morgan fingerprint density at radius 2 is 2.19 bits per heavy atom. The van der Waals surface area contributed by atoms with E-state index in [1.165, 1.54) is 0 Å². The van der Waals surface area contributed by atoms with E-state index in [-0.39, 0.29) is 0 Å². The van der Waals surface area contributed by atoms with Gasteiger partial charge in [-0.05, 0) is 34.1 Å². The average molecular weight is 226 g/mol. The Morgan fingerprint density at radius 1 is 1.44 bits per heavy atom. The van der Waals surface area contributed by atoms with Crippen molar-refractivity contribution in [2.24, 2.45) is 0 Å². The summed E-state index contributed by atoms with van der Waals surface area (Å²) in [6, 6.07) is 2.06. The largest absolute Gasteiger partial charge is 0.465 e. The third-order valence-corrected chi connectivity index (χ3v) is 2.36. The second kappa shape index (κ2) is 6.68. The number of nitrogens with zero attached hydrogens (tertiary/aromatic N) is 1. The highest BCUT2D eigenvalue weighted by molar-refractivity contribution is 5.19. The van der Waals surface area contributed by atoms with Gasteiger partial charge in [-0.3, -0.25) is 0 Å². The van der Waals surface area contributed by atoms with Gasteiger partial charge in [0.05, 0.1) is 19.8 Å². The van der Waals surface area contributed by atoms with Crippen molar-refractivity contribution in [2.45, 2.75) is 20.1 Å².